The van der Waals surface area contributed by atoms with E-state index in [1.807, 2.05) is 11.8 Å². The topological polar surface area (TPSA) is 3.24 Å². The molecule has 0 N–H and O–H groups in total. The molecule has 0 unspecified atom stereocenters. The van der Waals surface area contributed by atoms with E-state index in [1.165, 1.54) is 119 Å². The maximum atomic E-state index is 2.54. The summed E-state index contributed by atoms with van der Waals surface area (Å²) >= 11 is 1.90. The van der Waals surface area contributed by atoms with E-state index in [9.17, 15) is 0 Å². The Hall–Kier alpha value is -7.69. The number of rotatable bonds is 6. The fourth-order valence-corrected chi connectivity index (χ4v) is 17.3. The average molecular weight is 888 g/mol. The number of anilines is 3. The average Bonchev–Trinajstić information content (AvgIpc) is 3.67. The predicted molar refractivity (Wildman–Crippen MR) is 289 cm³/mol. The first kappa shape index (κ1) is 39.7. The van der Waals surface area contributed by atoms with Crippen LogP contribution >= 0.6 is 11.8 Å². The van der Waals surface area contributed by atoms with Crippen LogP contribution in [-0.4, -0.2) is 8.07 Å². The minimum absolute atomic E-state index is 1.14. The summed E-state index contributed by atoms with van der Waals surface area (Å²) < 4.78 is 0. The molecule has 0 fully saturated rings. The van der Waals surface area contributed by atoms with Crippen molar-refractivity contribution >= 4 is 79.2 Å². The molecule has 0 amide bonds. The Labute approximate surface area is 397 Å². The van der Waals surface area contributed by atoms with Gasteiger partial charge in [0, 0.05) is 15.5 Å². The van der Waals surface area contributed by atoms with Crippen molar-refractivity contribution in [3.05, 3.63) is 248 Å². The minimum Gasteiger partial charge on any atom is -0.308 e. The van der Waals surface area contributed by atoms with Crippen LogP contribution < -0.4 is 25.6 Å². The molecule has 2 aliphatic heterocycles. The molecule has 0 saturated heterocycles. The quantitative estimate of drug-likeness (QED) is 0.153. The van der Waals surface area contributed by atoms with Crippen molar-refractivity contribution < 1.29 is 0 Å². The Kier molecular flexibility index (Phi) is 9.31. The lowest BCUT2D eigenvalue weighted by Gasteiger charge is -2.35. The van der Waals surface area contributed by atoms with Crippen molar-refractivity contribution in [1.29, 1.82) is 0 Å². The van der Waals surface area contributed by atoms with Gasteiger partial charge in [-0.2, -0.15) is 0 Å². The van der Waals surface area contributed by atoms with Crippen LogP contribution in [0.1, 0.15) is 11.1 Å². The van der Waals surface area contributed by atoms with E-state index in [4.69, 9.17) is 0 Å². The van der Waals surface area contributed by atoms with Gasteiger partial charge in [-0.05, 0) is 166 Å². The highest BCUT2D eigenvalue weighted by molar-refractivity contribution is 8.00. The number of nitrogens with zero attached hydrogens (tertiary/aromatic N) is 1. The lowest BCUT2D eigenvalue weighted by atomic mass is 9.96. The van der Waals surface area contributed by atoms with Gasteiger partial charge in [0.2, 0.25) is 0 Å². The van der Waals surface area contributed by atoms with Gasteiger partial charge in [0.15, 0.2) is 8.07 Å². The van der Waals surface area contributed by atoms with Crippen LogP contribution in [0.2, 0.25) is 0 Å². The molecule has 0 saturated carbocycles. The van der Waals surface area contributed by atoms with E-state index in [0.717, 1.165) is 5.69 Å². The van der Waals surface area contributed by atoms with E-state index >= 15 is 0 Å². The van der Waals surface area contributed by atoms with Gasteiger partial charge in [-0.15, -0.1) is 0 Å². The Morgan fingerprint density at radius 3 is 1.57 bits per heavy atom. The Balaban J connectivity index is 1.04. The SMILES string of the molecule is Cc1cc2ccc3c(c2cc1C)Sc1ccc(-c2ccc4c(c2)-c2cc5ccccc5cc2[Si]4(c2ccccc2)c2ccccc2)cc1N3c1cc(-c2ccccc2)cc(-c2ccccc2)c1. The van der Waals surface area contributed by atoms with Crippen LogP contribution in [0.25, 0.3) is 66.1 Å². The smallest absolute Gasteiger partial charge is 0.180 e. The second-order valence-corrected chi connectivity index (χ2v) is 23.0. The van der Waals surface area contributed by atoms with Crippen molar-refractivity contribution in [2.24, 2.45) is 0 Å². The third kappa shape index (κ3) is 6.37. The fourth-order valence-electron chi connectivity index (χ4n) is 11.0. The summed E-state index contributed by atoms with van der Waals surface area (Å²) in [5, 5.41) is 10.9. The molecule has 11 aromatic carbocycles. The highest BCUT2D eigenvalue weighted by Crippen LogP contribution is 2.55. The third-order valence-corrected chi connectivity index (χ3v) is 20.4. The first-order valence-corrected chi connectivity index (χ1v) is 26.0. The van der Waals surface area contributed by atoms with Crippen molar-refractivity contribution in [2.75, 3.05) is 4.90 Å². The normalized spacial score (nSPS) is 13.3. The molecule has 0 bridgehead atoms. The number of hydrogen-bond donors (Lipinski definition) is 0. The molecule has 1 nitrogen and oxygen atoms in total. The fraction of sp³-hybridized carbons (Fsp3) is 0.0312. The van der Waals surface area contributed by atoms with Crippen LogP contribution in [0, 0.1) is 13.8 Å². The molecule has 0 atom stereocenters. The first-order chi connectivity index (χ1) is 33.0. The van der Waals surface area contributed by atoms with Crippen LogP contribution in [-0.2, 0) is 0 Å². The van der Waals surface area contributed by atoms with Crippen molar-refractivity contribution in [1.82, 2.24) is 0 Å². The van der Waals surface area contributed by atoms with Crippen LogP contribution in [0.15, 0.2) is 246 Å². The number of fused-ring (bicyclic) bond motifs is 8. The van der Waals surface area contributed by atoms with Gasteiger partial charge in [-0.3, -0.25) is 0 Å². The molecule has 3 heteroatoms. The van der Waals surface area contributed by atoms with Gasteiger partial charge < -0.3 is 4.90 Å². The monoisotopic (exact) mass is 887 g/mol. The summed E-state index contributed by atoms with van der Waals surface area (Å²) in [5.74, 6) is 0. The predicted octanol–water partition coefficient (Wildman–Crippen LogP) is 14.9. The molecule has 0 aromatic heterocycles. The molecule has 2 heterocycles. The van der Waals surface area contributed by atoms with Crippen molar-refractivity contribution in [2.45, 2.75) is 23.6 Å². The van der Waals surface area contributed by atoms with Gasteiger partial charge in [0.1, 0.15) is 0 Å². The molecule has 2 aliphatic rings. The lowest BCUT2D eigenvalue weighted by molar-refractivity contribution is 1.18. The summed E-state index contributed by atoms with van der Waals surface area (Å²) in [7, 11) is -2.69. The zero-order valence-corrected chi connectivity index (χ0v) is 39.2. The molecular formula is C64H45NSSi. The summed E-state index contributed by atoms with van der Waals surface area (Å²) in [6, 6.07) is 89.2. The molecule has 67 heavy (non-hydrogen) atoms. The van der Waals surface area contributed by atoms with E-state index in [1.54, 1.807) is 0 Å². The summed E-state index contributed by atoms with van der Waals surface area (Å²) in [5.41, 5.74) is 16.0. The van der Waals surface area contributed by atoms with Gasteiger partial charge in [0.25, 0.3) is 0 Å². The third-order valence-electron chi connectivity index (χ3n) is 14.4. The Bertz CT molecular complexity index is 3640. The van der Waals surface area contributed by atoms with Crippen LogP contribution in [0.4, 0.5) is 17.1 Å². The molecular weight excluding hydrogens is 843 g/mol. The van der Waals surface area contributed by atoms with E-state index < -0.39 is 8.07 Å². The second kappa shape index (κ2) is 15.7. The Morgan fingerprint density at radius 1 is 0.358 bits per heavy atom. The first-order valence-electron chi connectivity index (χ1n) is 23.2. The number of hydrogen-bond acceptors (Lipinski definition) is 2. The largest absolute Gasteiger partial charge is 0.308 e. The zero-order chi connectivity index (χ0) is 44.6. The molecule has 11 aromatic rings. The maximum Gasteiger partial charge on any atom is 0.180 e. The molecule has 0 aliphatic carbocycles. The molecule has 13 rings (SSSR count). The zero-order valence-electron chi connectivity index (χ0n) is 37.4. The molecule has 316 valence electrons. The van der Waals surface area contributed by atoms with Crippen LogP contribution in [0.3, 0.4) is 0 Å². The van der Waals surface area contributed by atoms with Gasteiger partial charge >= 0.3 is 0 Å². The molecule has 0 spiro atoms. The highest BCUT2D eigenvalue weighted by atomic mass is 32.2. The summed E-state index contributed by atoms with van der Waals surface area (Å²) in [4.78, 5) is 5.07. The van der Waals surface area contributed by atoms with E-state index in [-0.39, 0.29) is 0 Å². The van der Waals surface area contributed by atoms with Crippen LogP contribution in [0.5, 0.6) is 0 Å². The van der Waals surface area contributed by atoms with Gasteiger partial charge in [-0.25, -0.2) is 0 Å². The van der Waals surface area contributed by atoms with Gasteiger partial charge in [-0.1, -0.05) is 194 Å². The van der Waals surface area contributed by atoms with E-state index in [2.05, 4.69) is 255 Å². The summed E-state index contributed by atoms with van der Waals surface area (Å²) in [6.45, 7) is 4.45. The number of aryl methyl sites for hydroxylation is 2. The van der Waals surface area contributed by atoms with Gasteiger partial charge in [0.05, 0.1) is 11.4 Å². The summed E-state index contributed by atoms with van der Waals surface area (Å²) in [6.07, 6.45) is 0. The maximum absolute atomic E-state index is 2.69. The standard InChI is InChI=1S/C64H45NSSi/c1-42-33-50-27-30-59-64(56(50)34-43(42)2)66-61-31-28-49(40-60(61)65(59)53-36-51(44-17-7-3-8-18-44)35-52(37-53)45-19-9-4-10-20-45)48-29-32-62-57(39-48)58-38-46-21-15-16-22-47(46)41-63(58)67(62,54-23-11-5-12-24-54)55-25-13-6-14-26-55/h3-41H,1-2H3. The Morgan fingerprint density at radius 2 is 0.910 bits per heavy atom. The highest BCUT2D eigenvalue weighted by Gasteiger charge is 2.49. The van der Waals surface area contributed by atoms with Crippen molar-refractivity contribution in [3.63, 3.8) is 0 Å². The number of benzene rings is 11. The minimum atomic E-state index is -2.69. The van der Waals surface area contributed by atoms with Crippen molar-refractivity contribution in [3.8, 4) is 44.5 Å². The molecule has 0 radical (unpaired) electrons. The van der Waals surface area contributed by atoms with E-state index in [0.29, 0.717) is 0 Å². The lowest BCUT2D eigenvalue weighted by Crippen LogP contribution is -2.72. The second-order valence-electron chi connectivity index (χ2n) is 18.2.